The standard InChI is InChI=1S/C18H11BrN2O2S2/c19-13-6-7-15(23-9-8-20)12(10-13)11-16-17(22)21(18(24)25-16)14-4-2-1-3-5-14/h1-7,10-11H,9H2/b16-11+. The number of hydrogen-bond donors (Lipinski definition) is 0. The summed E-state index contributed by atoms with van der Waals surface area (Å²) >= 11 is 10.0. The molecule has 7 heteroatoms. The number of para-hydroxylation sites is 1. The van der Waals surface area contributed by atoms with Gasteiger partial charge in [-0.25, -0.2) is 0 Å². The summed E-state index contributed by atoms with van der Waals surface area (Å²) in [5, 5.41) is 8.71. The first-order valence-corrected chi connectivity index (χ1v) is 9.24. The van der Waals surface area contributed by atoms with Gasteiger partial charge in [0.05, 0.1) is 10.6 Å². The lowest BCUT2D eigenvalue weighted by molar-refractivity contribution is -0.113. The van der Waals surface area contributed by atoms with Crippen LogP contribution in [-0.2, 0) is 4.79 Å². The van der Waals surface area contributed by atoms with E-state index in [-0.39, 0.29) is 12.5 Å². The van der Waals surface area contributed by atoms with Crippen molar-refractivity contribution in [2.24, 2.45) is 0 Å². The highest BCUT2D eigenvalue weighted by atomic mass is 79.9. The number of ether oxygens (including phenoxy) is 1. The molecule has 1 saturated heterocycles. The van der Waals surface area contributed by atoms with E-state index in [9.17, 15) is 4.79 Å². The van der Waals surface area contributed by atoms with Gasteiger partial charge in [0.15, 0.2) is 10.9 Å². The van der Waals surface area contributed by atoms with Gasteiger partial charge in [-0.1, -0.05) is 58.1 Å². The van der Waals surface area contributed by atoms with Gasteiger partial charge in [0.25, 0.3) is 5.91 Å². The molecule has 25 heavy (non-hydrogen) atoms. The predicted molar refractivity (Wildman–Crippen MR) is 107 cm³/mol. The highest BCUT2D eigenvalue weighted by molar-refractivity contribution is 9.10. The Balaban J connectivity index is 1.95. The minimum atomic E-state index is -0.174. The summed E-state index contributed by atoms with van der Waals surface area (Å²) in [6.07, 6.45) is 1.74. The SMILES string of the molecule is N#CCOc1ccc(Br)cc1/C=C1/SC(=S)N(c2ccccc2)C1=O. The van der Waals surface area contributed by atoms with Crippen molar-refractivity contribution in [1.29, 1.82) is 5.26 Å². The minimum Gasteiger partial charge on any atom is -0.478 e. The first kappa shape index (κ1) is 17.7. The van der Waals surface area contributed by atoms with E-state index in [2.05, 4.69) is 15.9 Å². The Hall–Kier alpha value is -2.14. The first-order chi connectivity index (χ1) is 12.1. The molecule has 0 spiro atoms. The van der Waals surface area contributed by atoms with Gasteiger partial charge < -0.3 is 4.74 Å². The van der Waals surface area contributed by atoms with Gasteiger partial charge in [-0.2, -0.15) is 5.26 Å². The van der Waals surface area contributed by atoms with E-state index >= 15 is 0 Å². The van der Waals surface area contributed by atoms with Crippen LogP contribution in [0.5, 0.6) is 5.75 Å². The number of benzene rings is 2. The summed E-state index contributed by atoms with van der Waals surface area (Å²) in [7, 11) is 0. The van der Waals surface area contributed by atoms with Crippen molar-refractivity contribution in [3.8, 4) is 11.8 Å². The fraction of sp³-hybridized carbons (Fsp3) is 0.0556. The zero-order valence-electron chi connectivity index (χ0n) is 12.8. The summed E-state index contributed by atoms with van der Waals surface area (Å²) in [4.78, 5) is 14.8. The Morgan fingerprint density at radius 1 is 1.28 bits per heavy atom. The van der Waals surface area contributed by atoms with Crippen LogP contribution in [-0.4, -0.2) is 16.8 Å². The van der Waals surface area contributed by atoms with Crippen LogP contribution >= 0.6 is 39.9 Å². The van der Waals surface area contributed by atoms with E-state index in [0.717, 1.165) is 10.2 Å². The van der Waals surface area contributed by atoms with Crippen molar-refractivity contribution in [1.82, 2.24) is 0 Å². The Kier molecular flexibility index (Phi) is 5.53. The van der Waals surface area contributed by atoms with E-state index in [0.29, 0.717) is 20.5 Å². The fourth-order valence-corrected chi connectivity index (χ4v) is 3.95. The minimum absolute atomic E-state index is 0.0621. The zero-order valence-corrected chi connectivity index (χ0v) is 16.0. The lowest BCUT2D eigenvalue weighted by Crippen LogP contribution is -2.27. The van der Waals surface area contributed by atoms with Gasteiger partial charge in [-0.3, -0.25) is 9.69 Å². The van der Waals surface area contributed by atoms with Gasteiger partial charge in [0.2, 0.25) is 0 Å². The average Bonchev–Trinajstić information content (AvgIpc) is 2.88. The summed E-state index contributed by atoms with van der Waals surface area (Å²) in [6, 6.07) is 16.6. The number of thioether (sulfide) groups is 1. The van der Waals surface area contributed by atoms with Crippen LogP contribution in [0.4, 0.5) is 5.69 Å². The predicted octanol–water partition coefficient (Wildman–Crippen LogP) is 4.76. The topological polar surface area (TPSA) is 53.3 Å². The number of nitriles is 1. The van der Waals surface area contributed by atoms with Gasteiger partial charge in [0, 0.05) is 10.0 Å². The molecule has 124 valence electrons. The highest BCUT2D eigenvalue weighted by Gasteiger charge is 2.33. The Morgan fingerprint density at radius 3 is 2.76 bits per heavy atom. The van der Waals surface area contributed by atoms with Crippen molar-refractivity contribution < 1.29 is 9.53 Å². The molecule has 2 aromatic carbocycles. The normalized spacial score (nSPS) is 15.5. The molecule has 1 aliphatic heterocycles. The second kappa shape index (κ2) is 7.83. The largest absolute Gasteiger partial charge is 0.478 e. The van der Waals surface area contributed by atoms with Crippen molar-refractivity contribution in [2.45, 2.75) is 0 Å². The summed E-state index contributed by atoms with van der Waals surface area (Å²) in [5.41, 5.74) is 1.45. The molecule has 0 unspecified atom stereocenters. The second-order valence-electron chi connectivity index (χ2n) is 4.98. The van der Waals surface area contributed by atoms with Crippen LogP contribution in [0.3, 0.4) is 0 Å². The maximum atomic E-state index is 12.8. The van der Waals surface area contributed by atoms with Gasteiger partial charge in [-0.15, -0.1) is 0 Å². The summed E-state index contributed by atoms with van der Waals surface area (Å²) in [5.74, 6) is 0.363. The van der Waals surface area contributed by atoms with Crippen molar-refractivity contribution in [3.63, 3.8) is 0 Å². The average molecular weight is 431 g/mol. The van der Waals surface area contributed by atoms with Crippen molar-refractivity contribution in [3.05, 3.63) is 63.5 Å². The Labute approximate surface area is 163 Å². The Morgan fingerprint density at radius 2 is 2.04 bits per heavy atom. The lowest BCUT2D eigenvalue weighted by atomic mass is 10.2. The molecule has 1 amide bonds. The third kappa shape index (κ3) is 3.93. The van der Waals surface area contributed by atoms with Crippen LogP contribution < -0.4 is 9.64 Å². The maximum Gasteiger partial charge on any atom is 0.270 e. The number of anilines is 1. The monoisotopic (exact) mass is 430 g/mol. The van der Waals surface area contributed by atoms with Crippen LogP contribution in [0.2, 0.25) is 0 Å². The van der Waals surface area contributed by atoms with Crippen molar-refractivity contribution in [2.75, 3.05) is 11.5 Å². The van der Waals surface area contributed by atoms with Crippen LogP contribution in [0.15, 0.2) is 57.9 Å². The first-order valence-electron chi connectivity index (χ1n) is 7.22. The Bertz CT molecular complexity index is 907. The molecule has 0 aromatic heterocycles. The number of nitrogens with zero attached hydrogens (tertiary/aromatic N) is 2. The highest BCUT2D eigenvalue weighted by Crippen LogP contribution is 2.37. The third-order valence-corrected chi connectivity index (χ3v) is 5.15. The molecule has 0 saturated carbocycles. The van der Waals surface area contributed by atoms with E-state index in [4.69, 9.17) is 22.2 Å². The van der Waals surface area contributed by atoms with E-state index in [1.807, 2.05) is 48.5 Å². The smallest absolute Gasteiger partial charge is 0.270 e. The van der Waals surface area contributed by atoms with Crippen LogP contribution in [0, 0.1) is 11.3 Å². The number of carbonyl (C=O) groups excluding carboxylic acids is 1. The molecule has 2 aromatic rings. The fourth-order valence-electron chi connectivity index (χ4n) is 2.28. The van der Waals surface area contributed by atoms with Gasteiger partial charge in [0.1, 0.15) is 11.8 Å². The van der Waals surface area contributed by atoms with E-state index in [1.165, 1.54) is 16.7 Å². The molecule has 0 N–H and O–H groups in total. The molecule has 1 heterocycles. The number of rotatable bonds is 4. The van der Waals surface area contributed by atoms with E-state index in [1.54, 1.807) is 12.1 Å². The zero-order chi connectivity index (χ0) is 17.8. The molecule has 3 rings (SSSR count). The van der Waals surface area contributed by atoms with E-state index < -0.39 is 0 Å². The lowest BCUT2D eigenvalue weighted by Gasteiger charge is -2.13. The molecule has 0 radical (unpaired) electrons. The van der Waals surface area contributed by atoms with Crippen LogP contribution in [0.1, 0.15) is 5.56 Å². The summed E-state index contributed by atoms with van der Waals surface area (Å²) < 4.78 is 6.76. The van der Waals surface area contributed by atoms with Gasteiger partial charge in [-0.05, 0) is 36.4 Å². The molecule has 1 aliphatic rings. The third-order valence-electron chi connectivity index (χ3n) is 3.36. The summed E-state index contributed by atoms with van der Waals surface area (Å²) in [6.45, 7) is -0.0621. The number of thiocarbonyl (C=S) groups is 1. The second-order valence-corrected chi connectivity index (χ2v) is 7.57. The van der Waals surface area contributed by atoms with Crippen molar-refractivity contribution >= 4 is 61.9 Å². The maximum absolute atomic E-state index is 12.8. The molecule has 0 atom stereocenters. The van der Waals surface area contributed by atoms with Gasteiger partial charge >= 0.3 is 0 Å². The molecule has 0 bridgehead atoms. The molecule has 1 fully saturated rings. The molecule has 4 nitrogen and oxygen atoms in total. The molecular formula is C18H11BrN2O2S2. The van der Waals surface area contributed by atoms with Crippen LogP contribution in [0.25, 0.3) is 6.08 Å². The number of amides is 1. The number of hydrogen-bond acceptors (Lipinski definition) is 5. The quantitative estimate of drug-likeness (QED) is 0.516. The number of halogens is 1. The number of carbonyl (C=O) groups is 1. The molecular weight excluding hydrogens is 420 g/mol. The molecule has 0 aliphatic carbocycles.